The standard InChI is InChI=1S/C19H23N3O3/c1-13-10-22(11-14(2)25-13)12-15-5-7-16(8-6-15)19(24)21-18-17(23)4-3-9-20-18/h3-9,13-14,23H,10-12H2,1-2H3,(H,20,21,24). The number of rotatable bonds is 4. The van der Waals surface area contributed by atoms with E-state index >= 15 is 0 Å². The molecule has 2 aromatic rings. The number of carbonyl (C=O) groups excluding carboxylic acids is 1. The molecule has 1 aromatic heterocycles. The van der Waals surface area contributed by atoms with E-state index in [1.54, 1.807) is 18.2 Å². The number of amides is 1. The van der Waals surface area contributed by atoms with Crippen LogP contribution in [0, 0.1) is 0 Å². The Morgan fingerprint density at radius 3 is 2.56 bits per heavy atom. The van der Waals surface area contributed by atoms with Crippen molar-refractivity contribution in [2.45, 2.75) is 32.6 Å². The third kappa shape index (κ3) is 4.55. The minimum atomic E-state index is -0.297. The lowest BCUT2D eigenvalue weighted by Crippen LogP contribution is -2.44. The first-order valence-electron chi connectivity index (χ1n) is 8.43. The zero-order chi connectivity index (χ0) is 17.8. The number of hydrogen-bond donors (Lipinski definition) is 2. The number of aromatic hydroxyl groups is 1. The van der Waals surface area contributed by atoms with Crippen molar-refractivity contribution in [1.29, 1.82) is 0 Å². The summed E-state index contributed by atoms with van der Waals surface area (Å²) in [4.78, 5) is 18.6. The zero-order valence-corrected chi connectivity index (χ0v) is 14.5. The van der Waals surface area contributed by atoms with Gasteiger partial charge in [0.2, 0.25) is 0 Å². The molecule has 6 heteroatoms. The Morgan fingerprint density at radius 2 is 1.92 bits per heavy atom. The van der Waals surface area contributed by atoms with E-state index in [1.807, 2.05) is 12.1 Å². The van der Waals surface area contributed by atoms with E-state index in [2.05, 4.69) is 29.0 Å². The van der Waals surface area contributed by atoms with Gasteiger partial charge in [-0.1, -0.05) is 12.1 Å². The molecule has 1 aromatic carbocycles. The summed E-state index contributed by atoms with van der Waals surface area (Å²) in [6.07, 6.45) is 1.99. The molecule has 2 N–H and O–H groups in total. The van der Waals surface area contributed by atoms with Crippen LogP contribution in [-0.2, 0) is 11.3 Å². The summed E-state index contributed by atoms with van der Waals surface area (Å²) in [6, 6.07) is 10.6. The van der Waals surface area contributed by atoms with Gasteiger partial charge in [0, 0.05) is 31.4 Å². The maximum Gasteiger partial charge on any atom is 0.256 e. The molecule has 2 heterocycles. The summed E-state index contributed by atoms with van der Waals surface area (Å²) in [5, 5.41) is 12.3. The smallest absolute Gasteiger partial charge is 0.256 e. The lowest BCUT2D eigenvalue weighted by Gasteiger charge is -2.35. The molecule has 1 amide bonds. The molecule has 1 fully saturated rings. The SMILES string of the molecule is CC1CN(Cc2ccc(C(=O)Nc3ncccc3O)cc2)CC(C)O1. The normalized spacial score (nSPS) is 21.0. The highest BCUT2D eigenvalue weighted by Crippen LogP contribution is 2.19. The van der Waals surface area contributed by atoms with Crippen LogP contribution >= 0.6 is 0 Å². The van der Waals surface area contributed by atoms with Crippen LogP contribution in [-0.4, -0.2) is 46.2 Å². The lowest BCUT2D eigenvalue weighted by molar-refractivity contribution is -0.0704. The molecule has 0 bridgehead atoms. The number of aromatic nitrogens is 1. The fourth-order valence-corrected chi connectivity index (χ4v) is 3.11. The first-order valence-corrected chi connectivity index (χ1v) is 8.43. The average molecular weight is 341 g/mol. The summed E-state index contributed by atoms with van der Waals surface area (Å²) in [7, 11) is 0. The van der Waals surface area contributed by atoms with Crippen molar-refractivity contribution < 1.29 is 14.6 Å². The second-order valence-electron chi connectivity index (χ2n) is 6.47. The minimum Gasteiger partial charge on any atom is -0.504 e. The van der Waals surface area contributed by atoms with E-state index in [-0.39, 0.29) is 29.7 Å². The lowest BCUT2D eigenvalue weighted by atomic mass is 10.1. The summed E-state index contributed by atoms with van der Waals surface area (Å²) < 4.78 is 5.75. The van der Waals surface area contributed by atoms with Crippen molar-refractivity contribution in [3.8, 4) is 5.75 Å². The van der Waals surface area contributed by atoms with E-state index in [4.69, 9.17) is 4.74 Å². The highest BCUT2D eigenvalue weighted by molar-refractivity contribution is 6.04. The van der Waals surface area contributed by atoms with Gasteiger partial charge in [0.15, 0.2) is 11.6 Å². The molecule has 0 aliphatic carbocycles. The summed E-state index contributed by atoms with van der Waals surface area (Å²) in [5.74, 6) is -0.190. The van der Waals surface area contributed by atoms with Gasteiger partial charge >= 0.3 is 0 Å². The van der Waals surface area contributed by atoms with Crippen molar-refractivity contribution in [2.24, 2.45) is 0 Å². The molecule has 132 valence electrons. The zero-order valence-electron chi connectivity index (χ0n) is 14.5. The minimum absolute atomic E-state index is 0.0528. The van der Waals surface area contributed by atoms with Gasteiger partial charge in [-0.3, -0.25) is 9.69 Å². The third-order valence-corrected chi connectivity index (χ3v) is 4.14. The van der Waals surface area contributed by atoms with Crippen molar-refractivity contribution in [3.63, 3.8) is 0 Å². The number of nitrogens with one attached hydrogen (secondary N) is 1. The summed E-state index contributed by atoms with van der Waals surface area (Å²) in [6.45, 7) is 6.82. The van der Waals surface area contributed by atoms with Gasteiger partial charge in [-0.15, -0.1) is 0 Å². The van der Waals surface area contributed by atoms with Crippen molar-refractivity contribution in [1.82, 2.24) is 9.88 Å². The number of anilines is 1. The molecular weight excluding hydrogens is 318 g/mol. The summed E-state index contributed by atoms with van der Waals surface area (Å²) in [5.41, 5.74) is 1.68. The Labute approximate surface area is 147 Å². The second kappa shape index (κ2) is 7.63. The van der Waals surface area contributed by atoms with E-state index < -0.39 is 0 Å². The van der Waals surface area contributed by atoms with Crippen LogP contribution in [0.15, 0.2) is 42.6 Å². The Balaban J connectivity index is 1.62. The fraction of sp³-hybridized carbons (Fsp3) is 0.368. The van der Waals surface area contributed by atoms with Crippen LogP contribution < -0.4 is 5.32 Å². The molecule has 6 nitrogen and oxygen atoms in total. The van der Waals surface area contributed by atoms with Crippen molar-refractivity contribution >= 4 is 11.7 Å². The molecule has 2 unspecified atom stereocenters. The highest BCUT2D eigenvalue weighted by Gasteiger charge is 2.22. The van der Waals surface area contributed by atoms with E-state index in [1.165, 1.54) is 12.3 Å². The molecule has 1 aliphatic rings. The molecule has 0 spiro atoms. The molecule has 0 radical (unpaired) electrons. The van der Waals surface area contributed by atoms with Gasteiger partial charge in [-0.2, -0.15) is 0 Å². The predicted molar refractivity (Wildman–Crippen MR) is 95.6 cm³/mol. The first-order chi connectivity index (χ1) is 12.0. The number of morpholine rings is 1. The number of ether oxygens (including phenoxy) is 1. The van der Waals surface area contributed by atoms with E-state index in [0.717, 1.165) is 25.2 Å². The van der Waals surface area contributed by atoms with Crippen LogP contribution in [0.25, 0.3) is 0 Å². The Hall–Kier alpha value is -2.44. The molecule has 0 saturated carbocycles. The third-order valence-electron chi connectivity index (χ3n) is 4.14. The average Bonchev–Trinajstić information content (AvgIpc) is 2.56. The molecule has 25 heavy (non-hydrogen) atoms. The van der Waals surface area contributed by atoms with Gasteiger partial charge in [0.05, 0.1) is 12.2 Å². The van der Waals surface area contributed by atoms with Crippen molar-refractivity contribution in [2.75, 3.05) is 18.4 Å². The van der Waals surface area contributed by atoms with E-state index in [9.17, 15) is 9.90 Å². The van der Waals surface area contributed by atoms with Gasteiger partial charge in [0.1, 0.15) is 0 Å². The van der Waals surface area contributed by atoms with Crippen LogP contribution in [0.5, 0.6) is 5.75 Å². The van der Waals surface area contributed by atoms with E-state index in [0.29, 0.717) is 5.56 Å². The molecule has 3 rings (SSSR count). The number of carbonyl (C=O) groups is 1. The van der Waals surface area contributed by atoms with Crippen LogP contribution in [0.1, 0.15) is 29.8 Å². The Bertz CT molecular complexity index is 723. The number of pyridine rings is 1. The van der Waals surface area contributed by atoms with Gasteiger partial charge < -0.3 is 15.2 Å². The topological polar surface area (TPSA) is 74.7 Å². The molecule has 2 atom stereocenters. The maximum atomic E-state index is 12.3. The van der Waals surface area contributed by atoms with Gasteiger partial charge in [0.25, 0.3) is 5.91 Å². The molecule has 1 aliphatic heterocycles. The van der Waals surface area contributed by atoms with Crippen LogP contribution in [0.4, 0.5) is 5.82 Å². The first kappa shape index (κ1) is 17.4. The molecular formula is C19H23N3O3. The predicted octanol–water partition coefficient (Wildman–Crippen LogP) is 2.65. The van der Waals surface area contributed by atoms with Crippen LogP contribution in [0.3, 0.4) is 0 Å². The van der Waals surface area contributed by atoms with Crippen molar-refractivity contribution in [3.05, 3.63) is 53.7 Å². The van der Waals surface area contributed by atoms with Gasteiger partial charge in [-0.25, -0.2) is 4.98 Å². The monoisotopic (exact) mass is 341 g/mol. The number of benzene rings is 1. The molecule has 1 saturated heterocycles. The number of nitrogens with zero attached hydrogens (tertiary/aromatic N) is 2. The Kier molecular flexibility index (Phi) is 5.31. The quantitative estimate of drug-likeness (QED) is 0.894. The second-order valence-corrected chi connectivity index (χ2v) is 6.47. The maximum absolute atomic E-state index is 12.3. The Morgan fingerprint density at radius 1 is 1.24 bits per heavy atom. The van der Waals surface area contributed by atoms with Crippen LogP contribution in [0.2, 0.25) is 0 Å². The fourth-order valence-electron chi connectivity index (χ4n) is 3.11. The highest BCUT2D eigenvalue weighted by atomic mass is 16.5. The summed E-state index contributed by atoms with van der Waals surface area (Å²) >= 11 is 0. The van der Waals surface area contributed by atoms with Gasteiger partial charge in [-0.05, 0) is 43.7 Å². The largest absolute Gasteiger partial charge is 0.504 e. The number of hydrogen-bond acceptors (Lipinski definition) is 5.